The van der Waals surface area contributed by atoms with Gasteiger partial charge >= 0.3 is 0 Å². The van der Waals surface area contributed by atoms with E-state index in [2.05, 4.69) is 16.0 Å². The number of anilines is 1. The standard InChI is InChI=1S/C23H20ClN3O3/c24-20-9-5-4-8-19(20)23(30)27-18-12-10-17(11-13-18)22(29)26-15-14-25-21(28)16-6-2-1-3-7-16/h1-13H,14-15H2,(H,25,28)(H,26,29)(H,27,30). The summed E-state index contributed by atoms with van der Waals surface area (Å²) < 4.78 is 0. The summed E-state index contributed by atoms with van der Waals surface area (Å²) >= 11 is 6.03. The summed E-state index contributed by atoms with van der Waals surface area (Å²) in [6.45, 7) is 0.605. The van der Waals surface area contributed by atoms with E-state index in [1.807, 2.05) is 6.07 Å². The smallest absolute Gasteiger partial charge is 0.257 e. The minimum absolute atomic E-state index is 0.191. The van der Waals surface area contributed by atoms with Gasteiger partial charge in [-0.3, -0.25) is 14.4 Å². The zero-order valence-electron chi connectivity index (χ0n) is 16.0. The van der Waals surface area contributed by atoms with Crippen molar-refractivity contribution in [2.24, 2.45) is 0 Å². The number of hydrogen-bond donors (Lipinski definition) is 3. The Hall–Kier alpha value is -3.64. The fourth-order valence-corrected chi connectivity index (χ4v) is 2.92. The van der Waals surface area contributed by atoms with Gasteiger partial charge in [0.2, 0.25) is 0 Å². The SMILES string of the molecule is O=C(NCCNC(=O)c1ccc(NC(=O)c2ccccc2Cl)cc1)c1ccccc1. The van der Waals surface area contributed by atoms with E-state index in [4.69, 9.17) is 11.6 Å². The highest BCUT2D eigenvalue weighted by Crippen LogP contribution is 2.17. The summed E-state index contributed by atoms with van der Waals surface area (Å²) in [5.41, 5.74) is 1.93. The van der Waals surface area contributed by atoms with Crippen LogP contribution < -0.4 is 16.0 Å². The van der Waals surface area contributed by atoms with Crippen molar-refractivity contribution in [2.75, 3.05) is 18.4 Å². The van der Waals surface area contributed by atoms with Gasteiger partial charge in [0.25, 0.3) is 17.7 Å². The average molecular weight is 422 g/mol. The molecule has 0 bridgehead atoms. The highest BCUT2D eigenvalue weighted by Gasteiger charge is 2.11. The van der Waals surface area contributed by atoms with Gasteiger partial charge in [-0.25, -0.2) is 0 Å². The van der Waals surface area contributed by atoms with Crippen LogP contribution in [0, 0.1) is 0 Å². The summed E-state index contributed by atoms with van der Waals surface area (Å²) in [6.07, 6.45) is 0. The number of amides is 3. The van der Waals surface area contributed by atoms with Crippen LogP contribution in [-0.2, 0) is 0 Å². The van der Waals surface area contributed by atoms with Crippen molar-refractivity contribution < 1.29 is 14.4 Å². The van der Waals surface area contributed by atoms with Crippen molar-refractivity contribution in [1.29, 1.82) is 0 Å². The van der Waals surface area contributed by atoms with Crippen molar-refractivity contribution in [2.45, 2.75) is 0 Å². The minimum atomic E-state index is -0.327. The molecule has 0 aliphatic heterocycles. The minimum Gasteiger partial charge on any atom is -0.350 e. The molecule has 0 heterocycles. The maximum Gasteiger partial charge on any atom is 0.257 e. The third-order valence-electron chi connectivity index (χ3n) is 4.26. The van der Waals surface area contributed by atoms with Crippen LogP contribution in [-0.4, -0.2) is 30.8 Å². The maximum atomic E-state index is 12.3. The molecule has 152 valence electrons. The summed E-state index contributed by atoms with van der Waals surface area (Å²) in [5, 5.41) is 8.59. The van der Waals surface area contributed by atoms with Crippen LogP contribution >= 0.6 is 11.6 Å². The lowest BCUT2D eigenvalue weighted by Crippen LogP contribution is -2.34. The van der Waals surface area contributed by atoms with Crippen LogP contribution in [0.25, 0.3) is 0 Å². The molecule has 30 heavy (non-hydrogen) atoms. The van der Waals surface area contributed by atoms with E-state index in [0.29, 0.717) is 40.5 Å². The Morgan fingerprint density at radius 1 is 0.633 bits per heavy atom. The summed E-state index contributed by atoms with van der Waals surface area (Å²) in [6, 6.07) is 22.1. The Morgan fingerprint density at radius 2 is 1.17 bits per heavy atom. The Labute approximate surface area is 179 Å². The summed E-state index contributed by atoms with van der Waals surface area (Å²) in [7, 11) is 0. The Bertz CT molecular complexity index is 1040. The lowest BCUT2D eigenvalue weighted by molar-refractivity contribution is 0.0927. The van der Waals surface area contributed by atoms with Crippen LogP contribution in [0.4, 0.5) is 5.69 Å². The second-order valence-electron chi connectivity index (χ2n) is 6.39. The van der Waals surface area contributed by atoms with E-state index < -0.39 is 0 Å². The normalized spacial score (nSPS) is 10.2. The van der Waals surface area contributed by atoms with Gasteiger partial charge in [-0.1, -0.05) is 41.9 Å². The van der Waals surface area contributed by atoms with Crippen molar-refractivity contribution >= 4 is 35.0 Å². The molecule has 0 unspecified atom stereocenters. The molecule has 0 aliphatic rings. The molecule has 3 rings (SSSR count). The second kappa shape index (κ2) is 10.2. The largest absolute Gasteiger partial charge is 0.350 e. The first kappa shape index (κ1) is 21.1. The Kier molecular flexibility index (Phi) is 7.19. The molecule has 0 saturated heterocycles. The molecule has 6 nitrogen and oxygen atoms in total. The fourth-order valence-electron chi connectivity index (χ4n) is 2.69. The van der Waals surface area contributed by atoms with Crippen molar-refractivity contribution in [3.63, 3.8) is 0 Å². The molecule has 0 radical (unpaired) electrons. The molecule has 0 aromatic heterocycles. The quantitative estimate of drug-likeness (QED) is 0.508. The van der Waals surface area contributed by atoms with Gasteiger partial charge in [-0.05, 0) is 48.5 Å². The molecule has 0 atom stereocenters. The first-order valence-electron chi connectivity index (χ1n) is 9.32. The third kappa shape index (κ3) is 5.68. The number of benzene rings is 3. The summed E-state index contributed by atoms with van der Waals surface area (Å²) in [4.78, 5) is 36.4. The topological polar surface area (TPSA) is 87.3 Å². The second-order valence-corrected chi connectivity index (χ2v) is 6.80. The lowest BCUT2D eigenvalue weighted by Gasteiger charge is -2.09. The molecular weight excluding hydrogens is 402 g/mol. The summed E-state index contributed by atoms with van der Waals surface area (Å²) in [5.74, 6) is -0.789. The van der Waals surface area contributed by atoms with Crippen LogP contribution in [0.1, 0.15) is 31.1 Å². The Balaban J connectivity index is 1.46. The number of hydrogen-bond acceptors (Lipinski definition) is 3. The van der Waals surface area contributed by atoms with E-state index in [-0.39, 0.29) is 17.7 Å². The van der Waals surface area contributed by atoms with Crippen molar-refractivity contribution in [1.82, 2.24) is 10.6 Å². The van der Waals surface area contributed by atoms with E-state index in [0.717, 1.165) is 0 Å². The van der Waals surface area contributed by atoms with E-state index in [1.165, 1.54) is 0 Å². The Morgan fingerprint density at radius 3 is 1.77 bits per heavy atom. The molecule has 3 N–H and O–H groups in total. The van der Waals surface area contributed by atoms with Gasteiger partial charge < -0.3 is 16.0 Å². The van der Waals surface area contributed by atoms with Crippen molar-refractivity contribution in [3.05, 3.63) is 101 Å². The lowest BCUT2D eigenvalue weighted by atomic mass is 10.1. The van der Waals surface area contributed by atoms with Gasteiger partial charge in [-0.2, -0.15) is 0 Å². The van der Waals surface area contributed by atoms with E-state index in [1.54, 1.807) is 72.8 Å². The molecule has 7 heteroatoms. The van der Waals surface area contributed by atoms with Crippen LogP contribution in [0.5, 0.6) is 0 Å². The molecule has 0 saturated carbocycles. The van der Waals surface area contributed by atoms with Crippen LogP contribution in [0.3, 0.4) is 0 Å². The molecule has 0 fully saturated rings. The van der Waals surface area contributed by atoms with Crippen LogP contribution in [0.2, 0.25) is 5.02 Å². The number of halogens is 1. The van der Waals surface area contributed by atoms with Gasteiger partial charge in [0.1, 0.15) is 0 Å². The number of carbonyl (C=O) groups excluding carboxylic acids is 3. The predicted molar refractivity (Wildman–Crippen MR) is 117 cm³/mol. The van der Waals surface area contributed by atoms with Gasteiger partial charge in [0.15, 0.2) is 0 Å². The first-order valence-corrected chi connectivity index (χ1v) is 9.70. The zero-order valence-corrected chi connectivity index (χ0v) is 16.8. The van der Waals surface area contributed by atoms with Crippen molar-refractivity contribution in [3.8, 4) is 0 Å². The fraction of sp³-hybridized carbons (Fsp3) is 0.0870. The highest BCUT2D eigenvalue weighted by atomic mass is 35.5. The van der Waals surface area contributed by atoms with E-state index >= 15 is 0 Å². The average Bonchev–Trinajstić information content (AvgIpc) is 2.77. The molecule has 0 aliphatic carbocycles. The predicted octanol–water partition coefficient (Wildman–Crippen LogP) is 3.75. The number of carbonyl (C=O) groups is 3. The van der Waals surface area contributed by atoms with Gasteiger partial charge in [0.05, 0.1) is 10.6 Å². The van der Waals surface area contributed by atoms with Crippen LogP contribution in [0.15, 0.2) is 78.9 Å². The molecule has 3 aromatic rings. The van der Waals surface area contributed by atoms with E-state index in [9.17, 15) is 14.4 Å². The number of rotatable bonds is 7. The number of nitrogens with one attached hydrogen (secondary N) is 3. The molecule has 0 spiro atoms. The molecule has 3 amide bonds. The monoisotopic (exact) mass is 421 g/mol. The third-order valence-corrected chi connectivity index (χ3v) is 4.59. The molecular formula is C23H20ClN3O3. The van der Waals surface area contributed by atoms with Gasteiger partial charge in [0, 0.05) is 29.9 Å². The van der Waals surface area contributed by atoms with Gasteiger partial charge in [-0.15, -0.1) is 0 Å². The maximum absolute atomic E-state index is 12.3. The molecule has 3 aromatic carbocycles. The highest BCUT2D eigenvalue weighted by molar-refractivity contribution is 6.34. The zero-order chi connectivity index (χ0) is 21.3. The first-order chi connectivity index (χ1) is 14.5.